The molecule has 4 heterocycles. The van der Waals surface area contributed by atoms with E-state index < -0.39 is 0 Å². The van der Waals surface area contributed by atoms with Crippen molar-refractivity contribution in [1.29, 1.82) is 0 Å². The third-order valence-corrected chi connectivity index (χ3v) is 6.82. The summed E-state index contributed by atoms with van der Waals surface area (Å²) in [4.78, 5) is 26.7. The van der Waals surface area contributed by atoms with Crippen molar-refractivity contribution in [2.75, 3.05) is 24.5 Å². The molecule has 2 saturated heterocycles. The van der Waals surface area contributed by atoms with Crippen LogP contribution in [0.3, 0.4) is 0 Å². The molecule has 1 N–H and O–H groups in total. The maximum atomic E-state index is 13.0. The predicted octanol–water partition coefficient (Wildman–Crippen LogP) is 3.71. The van der Waals surface area contributed by atoms with Crippen LogP contribution in [0.4, 0.5) is 5.95 Å². The minimum Gasteiger partial charge on any atom is -0.341 e. The lowest BCUT2D eigenvalue weighted by atomic mass is 10.0. The first-order valence-corrected chi connectivity index (χ1v) is 11.2. The number of nitrogens with zero attached hydrogens (tertiary/aromatic N) is 5. The second-order valence-electron chi connectivity index (χ2n) is 8.73. The summed E-state index contributed by atoms with van der Waals surface area (Å²) in [5.41, 5.74) is 2.91. The average molecular weight is 395 g/mol. The zero-order valence-electron chi connectivity index (χ0n) is 17.0. The molecule has 0 aromatic carbocycles. The summed E-state index contributed by atoms with van der Waals surface area (Å²) in [6.07, 6.45) is 13.8. The third-order valence-electron chi connectivity index (χ3n) is 6.82. The van der Waals surface area contributed by atoms with Gasteiger partial charge in [-0.05, 0) is 50.5 Å². The number of anilines is 1. The first kappa shape index (κ1) is 18.6. The van der Waals surface area contributed by atoms with Crippen LogP contribution in [0.2, 0.25) is 0 Å². The van der Waals surface area contributed by atoms with Crippen molar-refractivity contribution in [3.63, 3.8) is 0 Å². The average Bonchev–Trinajstić information content (AvgIpc) is 3.55. The number of amides is 1. The van der Waals surface area contributed by atoms with E-state index in [1.165, 1.54) is 38.5 Å². The topological polar surface area (TPSA) is 78.0 Å². The Kier molecular flexibility index (Phi) is 5.21. The molecule has 0 radical (unpaired) electrons. The summed E-state index contributed by atoms with van der Waals surface area (Å²) < 4.78 is 0. The van der Waals surface area contributed by atoms with Crippen LogP contribution in [-0.2, 0) is 4.79 Å². The van der Waals surface area contributed by atoms with E-state index in [-0.39, 0.29) is 6.04 Å². The van der Waals surface area contributed by atoms with E-state index >= 15 is 0 Å². The Labute approximate surface area is 171 Å². The van der Waals surface area contributed by atoms with Gasteiger partial charge in [0.25, 0.3) is 0 Å². The van der Waals surface area contributed by atoms with Gasteiger partial charge < -0.3 is 9.80 Å². The number of carbonyl (C=O) groups excluding carboxylic acids is 1. The van der Waals surface area contributed by atoms with Crippen LogP contribution in [0.5, 0.6) is 0 Å². The fourth-order valence-electron chi connectivity index (χ4n) is 5.27. The SMILES string of the molecule is O=C(CC1CCCC1)N1CCC[C@H]1c1[nH]ncc1-c1ccnc(N2CCCC2)n1. The molecule has 1 atom stereocenters. The Morgan fingerprint density at radius 2 is 1.90 bits per heavy atom. The Hall–Kier alpha value is -2.44. The zero-order valence-corrected chi connectivity index (χ0v) is 17.0. The molecule has 7 heteroatoms. The molecule has 3 fully saturated rings. The number of hydrogen-bond acceptors (Lipinski definition) is 5. The largest absolute Gasteiger partial charge is 0.341 e. The molecular weight excluding hydrogens is 364 g/mol. The summed E-state index contributed by atoms with van der Waals surface area (Å²) in [5, 5.41) is 7.53. The molecule has 1 saturated carbocycles. The molecule has 5 rings (SSSR count). The van der Waals surface area contributed by atoms with E-state index in [9.17, 15) is 4.79 Å². The smallest absolute Gasteiger partial charge is 0.225 e. The van der Waals surface area contributed by atoms with E-state index in [4.69, 9.17) is 4.98 Å². The van der Waals surface area contributed by atoms with Crippen molar-refractivity contribution in [2.45, 2.75) is 63.8 Å². The normalized spacial score (nSPS) is 22.7. The maximum absolute atomic E-state index is 13.0. The summed E-state index contributed by atoms with van der Waals surface area (Å²) >= 11 is 0. The molecule has 7 nitrogen and oxygen atoms in total. The molecule has 0 spiro atoms. The molecule has 3 aliphatic rings. The van der Waals surface area contributed by atoms with Gasteiger partial charge in [-0.2, -0.15) is 5.10 Å². The van der Waals surface area contributed by atoms with Crippen molar-refractivity contribution in [2.24, 2.45) is 5.92 Å². The number of H-pyrrole nitrogens is 1. The van der Waals surface area contributed by atoms with E-state index in [1.54, 1.807) is 0 Å². The van der Waals surface area contributed by atoms with Crippen molar-refractivity contribution in [3.05, 3.63) is 24.2 Å². The highest BCUT2D eigenvalue weighted by molar-refractivity contribution is 5.78. The van der Waals surface area contributed by atoms with Gasteiger partial charge >= 0.3 is 0 Å². The molecular formula is C22H30N6O. The molecule has 29 heavy (non-hydrogen) atoms. The standard InChI is InChI=1S/C22H30N6O/c29-20(14-16-6-1-2-7-16)28-13-5-8-19(28)21-17(15-24-26-21)18-9-10-23-22(25-18)27-11-3-4-12-27/h9-10,15-16,19H,1-8,11-14H2,(H,24,26)/t19-/m0/s1. The maximum Gasteiger partial charge on any atom is 0.225 e. The van der Waals surface area contributed by atoms with Gasteiger partial charge in [0.15, 0.2) is 0 Å². The van der Waals surface area contributed by atoms with E-state index in [2.05, 4.69) is 25.0 Å². The van der Waals surface area contributed by atoms with E-state index in [0.717, 1.165) is 55.4 Å². The van der Waals surface area contributed by atoms with Crippen LogP contribution in [0.1, 0.15) is 69.5 Å². The fraction of sp³-hybridized carbons (Fsp3) is 0.636. The zero-order chi connectivity index (χ0) is 19.6. The fourth-order valence-corrected chi connectivity index (χ4v) is 5.27. The highest BCUT2D eigenvalue weighted by Crippen LogP contribution is 2.38. The lowest BCUT2D eigenvalue weighted by Gasteiger charge is -2.26. The number of hydrogen-bond donors (Lipinski definition) is 1. The molecule has 154 valence electrons. The van der Waals surface area contributed by atoms with Gasteiger partial charge in [-0.1, -0.05) is 12.8 Å². The molecule has 0 bridgehead atoms. The van der Waals surface area contributed by atoms with Gasteiger partial charge in [0.05, 0.1) is 23.6 Å². The summed E-state index contributed by atoms with van der Waals surface area (Å²) in [5.74, 6) is 1.68. The van der Waals surface area contributed by atoms with Crippen LogP contribution in [0.15, 0.2) is 18.5 Å². The van der Waals surface area contributed by atoms with Gasteiger partial charge in [0, 0.05) is 37.8 Å². The number of aromatic amines is 1. The number of likely N-dealkylation sites (tertiary alicyclic amines) is 1. The van der Waals surface area contributed by atoms with Crippen molar-refractivity contribution in [1.82, 2.24) is 25.1 Å². The Bertz CT molecular complexity index is 852. The van der Waals surface area contributed by atoms with Crippen LogP contribution in [0.25, 0.3) is 11.3 Å². The lowest BCUT2D eigenvalue weighted by molar-refractivity contribution is -0.133. The van der Waals surface area contributed by atoms with Crippen LogP contribution in [0, 0.1) is 5.92 Å². The Morgan fingerprint density at radius 1 is 1.07 bits per heavy atom. The lowest BCUT2D eigenvalue weighted by Crippen LogP contribution is -2.32. The Balaban J connectivity index is 1.38. The summed E-state index contributed by atoms with van der Waals surface area (Å²) in [6, 6.07) is 2.03. The second-order valence-corrected chi connectivity index (χ2v) is 8.73. The Morgan fingerprint density at radius 3 is 2.72 bits per heavy atom. The number of aromatic nitrogens is 4. The number of nitrogens with one attached hydrogen (secondary N) is 1. The summed E-state index contributed by atoms with van der Waals surface area (Å²) in [6.45, 7) is 2.89. The van der Waals surface area contributed by atoms with Crippen molar-refractivity contribution < 1.29 is 4.79 Å². The number of rotatable bonds is 5. The minimum atomic E-state index is 0.0756. The molecule has 0 unspecified atom stereocenters. The quantitative estimate of drug-likeness (QED) is 0.836. The third kappa shape index (κ3) is 3.74. The van der Waals surface area contributed by atoms with E-state index in [0.29, 0.717) is 18.2 Å². The first-order valence-electron chi connectivity index (χ1n) is 11.2. The van der Waals surface area contributed by atoms with Gasteiger partial charge in [0.1, 0.15) is 0 Å². The molecule has 2 aromatic rings. The van der Waals surface area contributed by atoms with Gasteiger partial charge in [-0.15, -0.1) is 0 Å². The van der Waals surface area contributed by atoms with Gasteiger partial charge in [-0.3, -0.25) is 9.89 Å². The van der Waals surface area contributed by atoms with Crippen LogP contribution < -0.4 is 4.90 Å². The molecule has 2 aromatic heterocycles. The highest BCUT2D eigenvalue weighted by atomic mass is 16.2. The molecule has 2 aliphatic heterocycles. The summed E-state index contributed by atoms with van der Waals surface area (Å²) in [7, 11) is 0. The first-order chi connectivity index (χ1) is 14.3. The van der Waals surface area contributed by atoms with Crippen molar-refractivity contribution in [3.8, 4) is 11.3 Å². The van der Waals surface area contributed by atoms with Gasteiger partial charge in [0.2, 0.25) is 11.9 Å². The number of carbonyl (C=O) groups is 1. The van der Waals surface area contributed by atoms with Gasteiger partial charge in [-0.25, -0.2) is 9.97 Å². The predicted molar refractivity (Wildman–Crippen MR) is 111 cm³/mol. The minimum absolute atomic E-state index is 0.0756. The van der Waals surface area contributed by atoms with Crippen LogP contribution >= 0.6 is 0 Å². The second kappa shape index (κ2) is 8.13. The van der Waals surface area contributed by atoms with E-state index in [1.807, 2.05) is 18.5 Å². The molecule has 1 amide bonds. The molecule has 1 aliphatic carbocycles. The highest BCUT2D eigenvalue weighted by Gasteiger charge is 2.34. The van der Waals surface area contributed by atoms with Crippen molar-refractivity contribution >= 4 is 11.9 Å². The monoisotopic (exact) mass is 394 g/mol. The van der Waals surface area contributed by atoms with Crippen LogP contribution in [-0.4, -0.2) is 50.6 Å².